The Morgan fingerprint density at radius 2 is 2.15 bits per heavy atom. The summed E-state index contributed by atoms with van der Waals surface area (Å²) in [5.74, 6) is 0.823. The van der Waals surface area contributed by atoms with E-state index >= 15 is 0 Å². The van der Waals surface area contributed by atoms with Crippen LogP contribution < -0.4 is 5.73 Å². The van der Waals surface area contributed by atoms with Crippen LogP contribution >= 0.6 is 0 Å². The summed E-state index contributed by atoms with van der Waals surface area (Å²) in [4.78, 5) is 8.58. The topological polar surface area (TPSA) is 96.3 Å². The lowest BCUT2D eigenvalue weighted by Gasteiger charge is -2.32. The molecule has 2 aromatic heterocycles. The zero-order chi connectivity index (χ0) is 14.0. The Morgan fingerprint density at radius 3 is 2.85 bits per heavy atom. The molecule has 3 rings (SSSR count). The quantitative estimate of drug-likeness (QED) is 0.904. The Labute approximate surface area is 116 Å². The van der Waals surface area contributed by atoms with Gasteiger partial charge in [0.25, 0.3) is 5.89 Å². The van der Waals surface area contributed by atoms with Crippen LogP contribution in [0.5, 0.6) is 0 Å². The van der Waals surface area contributed by atoms with Gasteiger partial charge in [-0.15, -0.1) is 0 Å². The van der Waals surface area contributed by atoms with Crippen LogP contribution in [-0.4, -0.2) is 35.4 Å². The molecule has 1 saturated heterocycles. The number of pyridine rings is 1. The van der Waals surface area contributed by atoms with E-state index in [9.17, 15) is 0 Å². The number of methoxy groups -OCH3 is 1. The van der Waals surface area contributed by atoms with Crippen LogP contribution in [0.1, 0.15) is 18.7 Å². The predicted molar refractivity (Wildman–Crippen MR) is 70.7 cm³/mol. The summed E-state index contributed by atoms with van der Waals surface area (Å²) in [6.45, 7) is 1.23. The van der Waals surface area contributed by atoms with Gasteiger partial charge in [-0.05, 0) is 12.1 Å². The lowest BCUT2D eigenvalue weighted by Crippen LogP contribution is -2.36. The molecule has 2 aromatic rings. The van der Waals surface area contributed by atoms with Crippen molar-refractivity contribution in [1.29, 1.82) is 0 Å². The second-order valence-electron chi connectivity index (χ2n) is 4.68. The first kappa shape index (κ1) is 13.0. The Morgan fingerprint density at radius 1 is 1.35 bits per heavy atom. The van der Waals surface area contributed by atoms with Crippen molar-refractivity contribution in [3.8, 4) is 11.6 Å². The van der Waals surface area contributed by atoms with E-state index in [1.807, 2.05) is 0 Å². The Kier molecular flexibility index (Phi) is 3.37. The molecular formula is C13H16N4O3. The Hall–Kier alpha value is -1.99. The van der Waals surface area contributed by atoms with Gasteiger partial charge in [0.1, 0.15) is 5.60 Å². The molecule has 2 N–H and O–H groups in total. The van der Waals surface area contributed by atoms with E-state index in [0.717, 1.165) is 0 Å². The number of hydrogen-bond donors (Lipinski definition) is 1. The maximum Gasteiger partial charge on any atom is 0.278 e. The van der Waals surface area contributed by atoms with Crippen LogP contribution in [0.2, 0.25) is 0 Å². The minimum atomic E-state index is -0.552. The second-order valence-corrected chi connectivity index (χ2v) is 4.68. The molecule has 0 spiro atoms. The van der Waals surface area contributed by atoms with Crippen molar-refractivity contribution in [1.82, 2.24) is 15.1 Å². The van der Waals surface area contributed by atoms with Crippen LogP contribution in [0, 0.1) is 0 Å². The average Bonchev–Trinajstić information content (AvgIpc) is 2.98. The lowest BCUT2D eigenvalue weighted by molar-refractivity contribution is -0.101. The molecule has 106 valence electrons. The number of nitrogen functional groups attached to an aromatic ring is 1. The number of nitrogens with two attached hydrogens (primary N) is 1. The molecule has 1 aliphatic heterocycles. The summed E-state index contributed by atoms with van der Waals surface area (Å²) >= 11 is 0. The summed E-state index contributed by atoms with van der Waals surface area (Å²) in [7, 11) is 1.65. The molecule has 1 fully saturated rings. The first-order chi connectivity index (χ1) is 9.75. The summed E-state index contributed by atoms with van der Waals surface area (Å²) in [5.41, 5.74) is 6.30. The van der Waals surface area contributed by atoms with Gasteiger partial charge in [-0.1, -0.05) is 5.16 Å². The molecule has 0 amide bonds. The zero-order valence-corrected chi connectivity index (χ0v) is 11.2. The molecule has 0 bridgehead atoms. The van der Waals surface area contributed by atoms with Crippen molar-refractivity contribution in [2.75, 3.05) is 26.1 Å². The van der Waals surface area contributed by atoms with Crippen LogP contribution in [0.25, 0.3) is 11.6 Å². The summed E-state index contributed by atoms with van der Waals surface area (Å²) in [6.07, 6.45) is 3.02. The van der Waals surface area contributed by atoms with Crippen molar-refractivity contribution >= 4 is 5.69 Å². The van der Waals surface area contributed by atoms with Crippen LogP contribution in [0.3, 0.4) is 0 Å². The fraction of sp³-hybridized carbons (Fsp3) is 0.462. The van der Waals surface area contributed by atoms with E-state index in [1.165, 1.54) is 0 Å². The van der Waals surface area contributed by atoms with Gasteiger partial charge in [-0.2, -0.15) is 4.98 Å². The summed E-state index contributed by atoms with van der Waals surface area (Å²) < 4.78 is 16.3. The van der Waals surface area contributed by atoms with Crippen molar-refractivity contribution in [2.24, 2.45) is 0 Å². The molecule has 0 saturated carbocycles. The minimum absolute atomic E-state index is 0.306. The molecule has 7 nitrogen and oxygen atoms in total. The lowest BCUT2D eigenvalue weighted by atomic mass is 9.93. The number of nitrogens with zero attached hydrogens (tertiary/aromatic N) is 3. The fourth-order valence-corrected chi connectivity index (χ4v) is 2.32. The van der Waals surface area contributed by atoms with Gasteiger partial charge >= 0.3 is 0 Å². The number of ether oxygens (including phenoxy) is 2. The number of anilines is 1. The third-order valence-corrected chi connectivity index (χ3v) is 3.57. The summed E-state index contributed by atoms with van der Waals surface area (Å²) in [6, 6.07) is 3.50. The third kappa shape index (κ3) is 2.14. The average molecular weight is 276 g/mol. The predicted octanol–water partition coefficient (Wildman–Crippen LogP) is 1.37. The van der Waals surface area contributed by atoms with Gasteiger partial charge in [-0.3, -0.25) is 0 Å². The van der Waals surface area contributed by atoms with Gasteiger partial charge in [0.15, 0.2) is 5.69 Å². The molecule has 0 atom stereocenters. The first-order valence-electron chi connectivity index (χ1n) is 6.43. The monoisotopic (exact) mass is 276 g/mol. The SMILES string of the molecule is COC1(c2noc(-c3ncccc3N)n2)CCOCC1. The minimum Gasteiger partial charge on any atom is -0.397 e. The van der Waals surface area contributed by atoms with Crippen molar-refractivity contribution in [3.63, 3.8) is 0 Å². The van der Waals surface area contributed by atoms with Crippen LogP contribution in [0.4, 0.5) is 5.69 Å². The highest BCUT2D eigenvalue weighted by atomic mass is 16.5. The highest BCUT2D eigenvalue weighted by molar-refractivity contribution is 5.65. The number of aromatic nitrogens is 3. The van der Waals surface area contributed by atoms with E-state index in [-0.39, 0.29) is 0 Å². The van der Waals surface area contributed by atoms with Gasteiger partial charge in [-0.25, -0.2) is 4.98 Å². The van der Waals surface area contributed by atoms with Crippen molar-refractivity contribution in [2.45, 2.75) is 18.4 Å². The Bertz CT molecular complexity index is 593. The number of hydrogen-bond acceptors (Lipinski definition) is 7. The van der Waals surface area contributed by atoms with Gasteiger partial charge in [0.2, 0.25) is 5.82 Å². The summed E-state index contributed by atoms with van der Waals surface area (Å²) in [5, 5.41) is 4.04. The number of rotatable bonds is 3. The van der Waals surface area contributed by atoms with E-state index in [4.69, 9.17) is 19.7 Å². The molecule has 3 heterocycles. The molecule has 20 heavy (non-hydrogen) atoms. The van der Waals surface area contributed by atoms with Gasteiger partial charge < -0.3 is 19.7 Å². The van der Waals surface area contributed by atoms with E-state index in [0.29, 0.717) is 49.2 Å². The molecule has 0 unspecified atom stereocenters. The van der Waals surface area contributed by atoms with Crippen LogP contribution in [0.15, 0.2) is 22.9 Å². The highest BCUT2D eigenvalue weighted by Crippen LogP contribution is 2.34. The van der Waals surface area contributed by atoms with E-state index < -0.39 is 5.60 Å². The molecule has 0 radical (unpaired) electrons. The van der Waals surface area contributed by atoms with Gasteiger partial charge in [0.05, 0.1) is 5.69 Å². The molecule has 1 aliphatic rings. The highest BCUT2D eigenvalue weighted by Gasteiger charge is 2.39. The first-order valence-corrected chi connectivity index (χ1v) is 6.43. The largest absolute Gasteiger partial charge is 0.397 e. The Balaban J connectivity index is 1.95. The normalized spacial score (nSPS) is 18.1. The molecular weight excluding hydrogens is 260 g/mol. The van der Waals surface area contributed by atoms with E-state index in [2.05, 4.69) is 15.1 Å². The smallest absolute Gasteiger partial charge is 0.278 e. The standard InChI is InChI=1S/C13H16N4O3/c1-18-13(4-7-19-8-5-13)12-16-11(20-17-12)10-9(14)3-2-6-15-10/h2-3,6H,4-5,7-8,14H2,1H3. The molecule has 0 aromatic carbocycles. The third-order valence-electron chi connectivity index (χ3n) is 3.57. The van der Waals surface area contributed by atoms with Crippen LogP contribution in [-0.2, 0) is 15.1 Å². The zero-order valence-electron chi connectivity index (χ0n) is 11.2. The second kappa shape index (κ2) is 5.18. The molecule has 7 heteroatoms. The maximum absolute atomic E-state index is 5.86. The van der Waals surface area contributed by atoms with Gasteiger partial charge in [0, 0.05) is 39.4 Å². The maximum atomic E-state index is 5.86. The fourth-order valence-electron chi connectivity index (χ4n) is 2.32. The molecule has 0 aliphatic carbocycles. The van der Waals surface area contributed by atoms with E-state index in [1.54, 1.807) is 25.4 Å². The van der Waals surface area contributed by atoms with Crippen molar-refractivity contribution in [3.05, 3.63) is 24.2 Å². The van der Waals surface area contributed by atoms with Crippen molar-refractivity contribution < 1.29 is 14.0 Å².